The average Bonchev–Trinajstić information content (AvgIpc) is 3.50. The van der Waals surface area contributed by atoms with Crippen LogP contribution in [0.1, 0.15) is 38.7 Å². The maximum Gasteiger partial charge on any atom is 0.246 e. The first kappa shape index (κ1) is 26.2. The highest BCUT2D eigenvalue weighted by Gasteiger charge is 2.72. The van der Waals surface area contributed by atoms with E-state index < -0.39 is 29.6 Å². The van der Waals surface area contributed by atoms with E-state index in [0.29, 0.717) is 22.5 Å². The van der Waals surface area contributed by atoms with Gasteiger partial charge in [-0.3, -0.25) is 14.4 Å². The number of nitrogens with one attached hydrogen (secondary N) is 2. The lowest BCUT2D eigenvalue weighted by Crippen LogP contribution is -2.58. The lowest BCUT2D eigenvalue weighted by molar-refractivity contribution is -0.142. The van der Waals surface area contributed by atoms with Gasteiger partial charge in [-0.25, -0.2) is 0 Å². The Balaban J connectivity index is 1.42. The second kappa shape index (κ2) is 10.0. The molecule has 5 rings (SSSR count). The summed E-state index contributed by atoms with van der Waals surface area (Å²) in [4.78, 5) is 42.8. The Labute approximate surface area is 223 Å². The molecule has 1 aromatic rings. The standard InChI is InChI=1S/C28H36ClN3O5/c1-15-6-5-7-20(17(15)3)31-26(34)24-28-11-10-21(37-28)22(23(28)27(35)32(24)12-13-36-4)25(33)30-18-9-8-16(2)19(29)14-18/h8-11,14-15,17,20-24H,5-7,12-13H2,1-4H3,(H,30,33)(H,31,34). The van der Waals surface area contributed by atoms with Gasteiger partial charge in [0.05, 0.1) is 24.5 Å². The second-order valence-corrected chi connectivity index (χ2v) is 11.5. The van der Waals surface area contributed by atoms with Crippen molar-refractivity contribution in [3.05, 3.63) is 40.9 Å². The number of rotatable bonds is 7. The zero-order valence-electron chi connectivity index (χ0n) is 21.8. The number of aryl methyl sites for hydroxylation is 1. The summed E-state index contributed by atoms with van der Waals surface area (Å²) in [5.74, 6) is -1.50. The van der Waals surface area contributed by atoms with Crippen LogP contribution in [0.3, 0.4) is 0 Å². The second-order valence-electron chi connectivity index (χ2n) is 11.1. The van der Waals surface area contributed by atoms with Gasteiger partial charge in [0.15, 0.2) is 0 Å². The van der Waals surface area contributed by atoms with Crippen LogP contribution in [0.15, 0.2) is 30.4 Å². The molecule has 1 spiro atoms. The van der Waals surface area contributed by atoms with Gasteiger partial charge in [0.2, 0.25) is 17.7 Å². The number of nitrogens with zero attached hydrogens (tertiary/aromatic N) is 1. The highest BCUT2D eigenvalue weighted by Crippen LogP contribution is 2.55. The number of halogens is 1. The lowest BCUT2D eigenvalue weighted by atomic mass is 9.73. The summed E-state index contributed by atoms with van der Waals surface area (Å²) in [6.07, 6.45) is 6.19. The first-order chi connectivity index (χ1) is 17.7. The molecule has 0 aromatic heterocycles. The molecule has 4 aliphatic rings. The van der Waals surface area contributed by atoms with Crippen LogP contribution in [0.2, 0.25) is 5.02 Å². The number of benzene rings is 1. The molecule has 3 aliphatic heterocycles. The topological polar surface area (TPSA) is 97.0 Å². The van der Waals surface area contributed by atoms with E-state index in [9.17, 15) is 14.4 Å². The van der Waals surface area contributed by atoms with Crippen LogP contribution in [0.5, 0.6) is 0 Å². The summed E-state index contributed by atoms with van der Waals surface area (Å²) in [6, 6.07) is 4.48. The van der Waals surface area contributed by atoms with Crippen LogP contribution in [-0.2, 0) is 23.9 Å². The van der Waals surface area contributed by atoms with Crippen LogP contribution in [0.25, 0.3) is 0 Å². The molecule has 8 atom stereocenters. The van der Waals surface area contributed by atoms with Gasteiger partial charge in [0.25, 0.3) is 0 Å². The van der Waals surface area contributed by atoms with Crippen molar-refractivity contribution in [1.82, 2.24) is 10.2 Å². The number of ether oxygens (including phenoxy) is 2. The van der Waals surface area contributed by atoms with Crippen molar-refractivity contribution >= 4 is 35.0 Å². The fraction of sp³-hybridized carbons (Fsp3) is 0.607. The molecule has 1 aliphatic carbocycles. The van der Waals surface area contributed by atoms with Crippen LogP contribution >= 0.6 is 11.6 Å². The Hall–Kier alpha value is -2.42. The fourth-order valence-corrected chi connectivity index (χ4v) is 6.82. The summed E-state index contributed by atoms with van der Waals surface area (Å²) in [5, 5.41) is 6.71. The number of hydrogen-bond acceptors (Lipinski definition) is 5. The van der Waals surface area contributed by atoms with Crippen LogP contribution < -0.4 is 10.6 Å². The zero-order chi connectivity index (χ0) is 26.5. The molecule has 1 saturated carbocycles. The molecule has 0 radical (unpaired) electrons. The van der Waals surface area contributed by atoms with Crippen molar-refractivity contribution in [2.45, 2.75) is 63.8 Å². The van der Waals surface area contributed by atoms with Crippen molar-refractivity contribution in [3.8, 4) is 0 Å². The first-order valence-corrected chi connectivity index (χ1v) is 13.6. The molecule has 2 N–H and O–H groups in total. The van der Waals surface area contributed by atoms with E-state index in [1.54, 1.807) is 24.1 Å². The highest BCUT2D eigenvalue weighted by atomic mass is 35.5. The molecule has 2 bridgehead atoms. The third-order valence-corrected chi connectivity index (χ3v) is 9.34. The Bertz CT molecular complexity index is 1130. The van der Waals surface area contributed by atoms with Gasteiger partial charge in [0.1, 0.15) is 11.6 Å². The van der Waals surface area contributed by atoms with E-state index in [1.165, 1.54) is 0 Å². The predicted octanol–water partition coefficient (Wildman–Crippen LogP) is 3.32. The van der Waals surface area contributed by atoms with Crippen LogP contribution in [0, 0.1) is 30.6 Å². The third kappa shape index (κ3) is 4.37. The molecular weight excluding hydrogens is 494 g/mol. The van der Waals surface area contributed by atoms with E-state index in [0.717, 1.165) is 24.8 Å². The largest absolute Gasteiger partial charge is 0.383 e. The summed E-state index contributed by atoms with van der Waals surface area (Å²) in [5.41, 5.74) is 0.272. The first-order valence-electron chi connectivity index (χ1n) is 13.2. The molecular formula is C28H36ClN3O5. The van der Waals surface area contributed by atoms with Gasteiger partial charge in [-0.2, -0.15) is 0 Å². The minimum Gasteiger partial charge on any atom is -0.383 e. The summed E-state index contributed by atoms with van der Waals surface area (Å²) in [6.45, 7) is 6.80. The molecule has 3 amide bonds. The number of anilines is 1. The number of carbonyl (C=O) groups excluding carboxylic acids is 3. The van der Waals surface area contributed by atoms with Gasteiger partial charge in [-0.1, -0.05) is 56.5 Å². The molecule has 8 nitrogen and oxygen atoms in total. The SMILES string of the molecule is COCCN1C(=O)C2C(C(=O)Nc3ccc(C)c(Cl)c3)C3C=CC2(O3)C1C(=O)NC1CCCC(C)C1C. The van der Waals surface area contributed by atoms with E-state index >= 15 is 0 Å². The van der Waals surface area contributed by atoms with Crippen molar-refractivity contribution < 1.29 is 23.9 Å². The number of methoxy groups -OCH3 is 1. The van der Waals surface area contributed by atoms with E-state index in [2.05, 4.69) is 24.5 Å². The van der Waals surface area contributed by atoms with Gasteiger partial charge >= 0.3 is 0 Å². The Morgan fingerprint density at radius 1 is 1.24 bits per heavy atom. The normalized spacial score (nSPS) is 36.1. The summed E-state index contributed by atoms with van der Waals surface area (Å²) < 4.78 is 11.6. The molecule has 8 unspecified atom stereocenters. The number of likely N-dealkylation sites (tertiary alicyclic amines) is 1. The third-order valence-electron chi connectivity index (χ3n) is 8.94. The summed E-state index contributed by atoms with van der Waals surface area (Å²) in [7, 11) is 1.56. The van der Waals surface area contributed by atoms with E-state index in [-0.39, 0.29) is 36.9 Å². The smallest absolute Gasteiger partial charge is 0.246 e. The highest BCUT2D eigenvalue weighted by molar-refractivity contribution is 6.31. The van der Waals surface area contributed by atoms with Crippen LogP contribution in [0.4, 0.5) is 5.69 Å². The van der Waals surface area contributed by atoms with Gasteiger partial charge in [-0.15, -0.1) is 0 Å². The Morgan fingerprint density at radius 3 is 2.76 bits per heavy atom. The van der Waals surface area contributed by atoms with Gasteiger partial charge < -0.3 is 25.0 Å². The van der Waals surface area contributed by atoms with E-state index in [1.807, 2.05) is 25.1 Å². The van der Waals surface area contributed by atoms with Crippen LogP contribution in [-0.4, -0.2) is 66.7 Å². The minimum absolute atomic E-state index is 0.0408. The molecule has 3 heterocycles. The molecule has 37 heavy (non-hydrogen) atoms. The Kier molecular flexibility index (Phi) is 7.11. The maximum atomic E-state index is 13.9. The monoisotopic (exact) mass is 529 g/mol. The number of fused-ring (bicyclic) bond motifs is 1. The summed E-state index contributed by atoms with van der Waals surface area (Å²) >= 11 is 6.25. The molecule has 2 saturated heterocycles. The lowest BCUT2D eigenvalue weighted by Gasteiger charge is -2.38. The fourth-order valence-electron chi connectivity index (χ4n) is 6.64. The van der Waals surface area contributed by atoms with Crippen molar-refractivity contribution in [1.29, 1.82) is 0 Å². The molecule has 9 heteroatoms. The molecule has 200 valence electrons. The Morgan fingerprint density at radius 2 is 2.03 bits per heavy atom. The van der Waals surface area contributed by atoms with Gasteiger partial charge in [0, 0.05) is 30.4 Å². The maximum absolute atomic E-state index is 13.9. The molecule has 1 aromatic carbocycles. The number of carbonyl (C=O) groups is 3. The van der Waals surface area contributed by atoms with Crippen molar-refractivity contribution in [2.24, 2.45) is 23.7 Å². The quantitative estimate of drug-likeness (QED) is 0.528. The zero-order valence-corrected chi connectivity index (χ0v) is 22.6. The van der Waals surface area contributed by atoms with Crippen molar-refractivity contribution in [3.63, 3.8) is 0 Å². The number of amides is 3. The van der Waals surface area contributed by atoms with Crippen molar-refractivity contribution in [2.75, 3.05) is 25.6 Å². The molecule has 3 fully saturated rings. The number of hydrogen-bond donors (Lipinski definition) is 2. The van der Waals surface area contributed by atoms with E-state index in [4.69, 9.17) is 21.1 Å². The minimum atomic E-state index is -1.18. The van der Waals surface area contributed by atoms with Gasteiger partial charge in [-0.05, 0) is 42.9 Å². The predicted molar refractivity (Wildman–Crippen MR) is 140 cm³/mol. The average molecular weight is 530 g/mol.